The highest BCUT2D eigenvalue weighted by molar-refractivity contribution is 7.10. The largest absolute Gasteiger partial charge is 0.368 e. The Kier molecular flexibility index (Phi) is 3.17. The van der Waals surface area contributed by atoms with Crippen LogP contribution in [0.5, 0.6) is 0 Å². The monoisotopic (exact) mass is 287 g/mol. The number of hydrogen-bond acceptors (Lipinski definition) is 5. The van der Waals surface area contributed by atoms with Gasteiger partial charge < -0.3 is 5.32 Å². The maximum atomic E-state index is 4.33. The molecule has 0 radical (unpaired) electrons. The summed E-state index contributed by atoms with van der Waals surface area (Å²) in [7, 11) is 1.89. The lowest BCUT2D eigenvalue weighted by molar-refractivity contribution is 0.568. The van der Waals surface area contributed by atoms with E-state index in [-0.39, 0.29) is 5.41 Å². The van der Waals surface area contributed by atoms with Gasteiger partial charge >= 0.3 is 0 Å². The van der Waals surface area contributed by atoms with E-state index in [1.807, 2.05) is 13.2 Å². The quantitative estimate of drug-likeness (QED) is 0.801. The van der Waals surface area contributed by atoms with Crippen molar-refractivity contribution < 1.29 is 0 Å². The normalized spacial score (nSPS) is 11.9. The van der Waals surface area contributed by atoms with Crippen molar-refractivity contribution in [1.29, 1.82) is 0 Å². The number of rotatable bonds is 4. The van der Waals surface area contributed by atoms with Crippen LogP contribution < -0.4 is 5.32 Å². The Morgan fingerprint density at radius 2 is 2.20 bits per heavy atom. The second kappa shape index (κ2) is 4.86. The van der Waals surface area contributed by atoms with E-state index < -0.39 is 0 Å². The van der Waals surface area contributed by atoms with Crippen LogP contribution in [-0.4, -0.2) is 26.3 Å². The van der Waals surface area contributed by atoms with Crippen LogP contribution >= 0.6 is 11.3 Å². The van der Waals surface area contributed by atoms with Crippen LogP contribution in [-0.2, 0) is 12.5 Å². The van der Waals surface area contributed by atoms with E-state index >= 15 is 0 Å². The van der Waals surface area contributed by atoms with E-state index in [0.717, 1.165) is 23.4 Å². The van der Waals surface area contributed by atoms with Gasteiger partial charge in [0.25, 0.3) is 0 Å². The van der Waals surface area contributed by atoms with Gasteiger partial charge in [-0.15, -0.1) is 11.3 Å². The van der Waals surface area contributed by atoms with Gasteiger partial charge in [0.2, 0.25) is 0 Å². The summed E-state index contributed by atoms with van der Waals surface area (Å²) in [6.07, 6.45) is 3.49. The van der Waals surface area contributed by atoms with Crippen LogP contribution in [0.2, 0.25) is 0 Å². The summed E-state index contributed by atoms with van der Waals surface area (Å²) < 4.78 is 1.76. The van der Waals surface area contributed by atoms with Gasteiger partial charge in [0.15, 0.2) is 5.65 Å². The van der Waals surface area contributed by atoms with E-state index in [9.17, 15) is 0 Å². The first kappa shape index (κ1) is 13.1. The van der Waals surface area contributed by atoms with Gasteiger partial charge in [0.1, 0.15) is 12.1 Å². The number of aromatic nitrogens is 4. The van der Waals surface area contributed by atoms with Gasteiger partial charge in [0, 0.05) is 30.1 Å². The standard InChI is InChI=1S/C14H17N5S/c1-14(2,11-5-4-6-20-11)8-15-12-10-7-19(3)18-13(10)17-9-16-12/h4-7,9H,8H2,1-3H3,(H,15,16,17,18). The highest BCUT2D eigenvalue weighted by Crippen LogP contribution is 2.28. The molecule has 3 heterocycles. The second-order valence-corrected chi connectivity index (χ2v) is 6.42. The molecule has 3 aromatic heterocycles. The predicted octanol–water partition coefficient (Wildman–Crippen LogP) is 2.81. The molecule has 0 atom stereocenters. The Labute approximate surface area is 121 Å². The third kappa shape index (κ3) is 2.38. The molecule has 0 fully saturated rings. The molecule has 20 heavy (non-hydrogen) atoms. The van der Waals surface area contributed by atoms with Gasteiger partial charge in [-0.25, -0.2) is 9.97 Å². The van der Waals surface area contributed by atoms with E-state index in [0.29, 0.717) is 0 Å². The lowest BCUT2D eigenvalue weighted by atomic mass is 9.91. The Morgan fingerprint density at radius 3 is 2.95 bits per heavy atom. The minimum Gasteiger partial charge on any atom is -0.368 e. The molecule has 0 aliphatic heterocycles. The fourth-order valence-electron chi connectivity index (χ4n) is 2.15. The van der Waals surface area contributed by atoms with E-state index in [4.69, 9.17) is 0 Å². The Balaban J connectivity index is 1.83. The molecule has 0 aromatic carbocycles. The third-order valence-corrected chi connectivity index (χ3v) is 4.55. The van der Waals surface area contributed by atoms with Crippen LogP contribution in [0.1, 0.15) is 18.7 Å². The lowest BCUT2D eigenvalue weighted by Gasteiger charge is -2.24. The fourth-order valence-corrected chi connectivity index (χ4v) is 3.00. The molecule has 5 nitrogen and oxygen atoms in total. The number of hydrogen-bond donors (Lipinski definition) is 1. The summed E-state index contributed by atoms with van der Waals surface area (Å²) in [5.74, 6) is 0.840. The van der Waals surface area contributed by atoms with Crippen molar-refractivity contribution in [2.24, 2.45) is 7.05 Å². The van der Waals surface area contributed by atoms with Gasteiger partial charge in [-0.3, -0.25) is 4.68 Å². The van der Waals surface area contributed by atoms with E-state index in [2.05, 4.69) is 51.7 Å². The zero-order valence-electron chi connectivity index (χ0n) is 11.8. The van der Waals surface area contributed by atoms with Crippen LogP contribution in [0.25, 0.3) is 11.0 Å². The minimum absolute atomic E-state index is 0.0631. The third-order valence-electron chi connectivity index (χ3n) is 3.32. The number of fused-ring (bicyclic) bond motifs is 1. The van der Waals surface area contributed by atoms with Crippen LogP contribution in [0.4, 0.5) is 5.82 Å². The van der Waals surface area contributed by atoms with E-state index in [1.165, 1.54) is 4.88 Å². The summed E-state index contributed by atoms with van der Waals surface area (Å²) in [5, 5.41) is 10.8. The zero-order chi connectivity index (χ0) is 14.2. The first-order chi connectivity index (χ1) is 9.56. The van der Waals surface area contributed by atoms with Gasteiger partial charge in [-0.1, -0.05) is 19.9 Å². The Bertz CT molecular complexity index is 714. The molecule has 0 saturated carbocycles. The number of nitrogens with zero attached hydrogens (tertiary/aromatic N) is 4. The molecule has 0 saturated heterocycles. The molecule has 0 aliphatic carbocycles. The van der Waals surface area contributed by atoms with E-state index in [1.54, 1.807) is 22.3 Å². The van der Waals surface area contributed by atoms with Crippen molar-refractivity contribution in [3.63, 3.8) is 0 Å². The second-order valence-electron chi connectivity index (χ2n) is 5.48. The molecule has 3 rings (SSSR count). The summed E-state index contributed by atoms with van der Waals surface area (Å²) in [5.41, 5.74) is 0.784. The predicted molar refractivity (Wildman–Crippen MR) is 82.1 cm³/mol. The number of thiophene rings is 1. The maximum Gasteiger partial charge on any atom is 0.186 e. The molecule has 6 heteroatoms. The van der Waals surface area contributed by atoms with Crippen molar-refractivity contribution in [3.8, 4) is 0 Å². The molecule has 3 aromatic rings. The van der Waals surface area contributed by atoms with Gasteiger partial charge in [-0.2, -0.15) is 5.10 Å². The van der Waals surface area contributed by atoms with Crippen molar-refractivity contribution in [2.75, 3.05) is 11.9 Å². The van der Waals surface area contributed by atoms with Crippen molar-refractivity contribution in [2.45, 2.75) is 19.3 Å². The smallest absolute Gasteiger partial charge is 0.186 e. The SMILES string of the molecule is Cn1cc2c(NCC(C)(C)c3cccs3)ncnc2n1. The van der Waals surface area contributed by atoms with Gasteiger partial charge in [0.05, 0.1) is 5.39 Å². The van der Waals surface area contributed by atoms with Gasteiger partial charge in [-0.05, 0) is 11.4 Å². The molecule has 104 valence electrons. The highest BCUT2D eigenvalue weighted by Gasteiger charge is 2.22. The summed E-state index contributed by atoms with van der Waals surface area (Å²) in [6, 6.07) is 4.26. The lowest BCUT2D eigenvalue weighted by Crippen LogP contribution is -2.26. The molecule has 0 aliphatic rings. The summed E-state index contributed by atoms with van der Waals surface area (Å²) in [4.78, 5) is 9.87. The van der Waals surface area contributed by atoms with Crippen molar-refractivity contribution in [1.82, 2.24) is 19.7 Å². The summed E-state index contributed by atoms with van der Waals surface area (Å²) in [6.45, 7) is 5.27. The Hall–Kier alpha value is -1.95. The number of aryl methyl sites for hydroxylation is 1. The molecule has 0 amide bonds. The molecular formula is C14H17N5S. The highest BCUT2D eigenvalue weighted by atomic mass is 32.1. The van der Waals surface area contributed by atoms with Crippen molar-refractivity contribution in [3.05, 3.63) is 34.9 Å². The van der Waals surface area contributed by atoms with Crippen LogP contribution in [0, 0.1) is 0 Å². The topological polar surface area (TPSA) is 55.6 Å². The maximum absolute atomic E-state index is 4.33. The van der Waals surface area contributed by atoms with Crippen molar-refractivity contribution >= 4 is 28.2 Å². The molecule has 1 N–H and O–H groups in total. The number of nitrogens with one attached hydrogen (secondary N) is 1. The fraction of sp³-hybridized carbons (Fsp3) is 0.357. The first-order valence-electron chi connectivity index (χ1n) is 6.48. The molecule has 0 spiro atoms. The summed E-state index contributed by atoms with van der Waals surface area (Å²) >= 11 is 1.78. The van der Waals surface area contributed by atoms with Crippen LogP contribution in [0.3, 0.4) is 0 Å². The first-order valence-corrected chi connectivity index (χ1v) is 7.36. The average molecular weight is 287 g/mol. The zero-order valence-corrected chi connectivity index (χ0v) is 12.6. The molecular weight excluding hydrogens is 270 g/mol. The molecule has 0 unspecified atom stereocenters. The van der Waals surface area contributed by atoms with Crippen LogP contribution in [0.15, 0.2) is 30.0 Å². The average Bonchev–Trinajstić information content (AvgIpc) is 3.04. The number of anilines is 1. The molecule has 0 bridgehead atoms. The Morgan fingerprint density at radius 1 is 1.35 bits per heavy atom. The minimum atomic E-state index is 0.0631.